The minimum Gasteiger partial charge on any atom is -0.467 e. The van der Waals surface area contributed by atoms with Gasteiger partial charge in [0.25, 0.3) is 0 Å². The first kappa shape index (κ1) is 26.3. The maximum absolute atomic E-state index is 11.5. The number of halogens is 1. The monoisotopic (exact) mass is 494 g/mol. The average molecular weight is 495 g/mol. The molecule has 0 spiro atoms. The van der Waals surface area contributed by atoms with E-state index in [2.05, 4.69) is 39.6 Å². The Bertz CT molecular complexity index is 733. The van der Waals surface area contributed by atoms with Gasteiger partial charge in [0.1, 0.15) is 23.8 Å². The lowest BCUT2D eigenvalue weighted by atomic mass is 10.1. The fourth-order valence-electron chi connectivity index (χ4n) is 3.15. The highest BCUT2D eigenvalue weighted by Gasteiger charge is 2.45. The molecular formula is C19H31ClN4O5S2. The SMILES string of the molecule is CCCSc1nc(Cl)c(N)c(NCC2CC(OCC(=O)OC)C(OC(S)CC)C2O)n1. The van der Waals surface area contributed by atoms with E-state index >= 15 is 0 Å². The molecule has 5 unspecified atom stereocenters. The van der Waals surface area contributed by atoms with Gasteiger partial charge in [0.2, 0.25) is 0 Å². The number of thiol groups is 1. The number of anilines is 2. The van der Waals surface area contributed by atoms with Gasteiger partial charge >= 0.3 is 5.97 Å². The molecule has 0 aromatic carbocycles. The zero-order valence-electron chi connectivity index (χ0n) is 17.9. The third-order valence-electron chi connectivity index (χ3n) is 4.87. The molecule has 0 radical (unpaired) electrons. The third kappa shape index (κ3) is 7.54. The summed E-state index contributed by atoms with van der Waals surface area (Å²) in [4.78, 5) is 20.1. The molecule has 1 heterocycles. The Labute approximate surface area is 197 Å². The Hall–Kier alpha value is -0.980. The summed E-state index contributed by atoms with van der Waals surface area (Å²) in [7, 11) is 1.29. The number of nitrogens with two attached hydrogens (primary N) is 1. The Morgan fingerprint density at radius 2 is 2.19 bits per heavy atom. The van der Waals surface area contributed by atoms with Gasteiger partial charge in [0.05, 0.1) is 19.3 Å². The van der Waals surface area contributed by atoms with Crippen molar-refractivity contribution < 1.29 is 24.1 Å². The zero-order valence-corrected chi connectivity index (χ0v) is 20.4. The number of hydrogen-bond donors (Lipinski definition) is 4. The highest BCUT2D eigenvalue weighted by atomic mass is 35.5. The van der Waals surface area contributed by atoms with Crippen molar-refractivity contribution >= 4 is 53.5 Å². The number of hydrogen-bond acceptors (Lipinski definition) is 11. The Morgan fingerprint density at radius 1 is 1.45 bits per heavy atom. The van der Waals surface area contributed by atoms with Crippen molar-refractivity contribution in [1.82, 2.24) is 9.97 Å². The summed E-state index contributed by atoms with van der Waals surface area (Å²) in [6.07, 6.45) is 0.170. The first-order valence-corrected chi connectivity index (χ1v) is 12.1. The van der Waals surface area contributed by atoms with E-state index in [1.165, 1.54) is 18.9 Å². The predicted octanol–water partition coefficient (Wildman–Crippen LogP) is 2.62. The molecule has 1 aliphatic carbocycles. The van der Waals surface area contributed by atoms with Crippen molar-refractivity contribution in [2.45, 2.75) is 62.0 Å². The lowest BCUT2D eigenvalue weighted by molar-refractivity contribution is -0.153. The van der Waals surface area contributed by atoms with E-state index in [0.29, 0.717) is 30.4 Å². The van der Waals surface area contributed by atoms with Crippen molar-refractivity contribution in [3.8, 4) is 0 Å². The molecule has 5 atom stereocenters. The standard InChI is InChI=1S/C19H31ClN4O5S2/c1-4-6-31-19-23-17(20)14(21)18(24-19)22-8-10-7-11(28-9-12(25)27-3)16(15(10)26)29-13(30)5-2/h10-11,13,15-16,26,30H,4-9,21H2,1-3H3,(H,22,23,24). The summed E-state index contributed by atoms with van der Waals surface area (Å²) in [6.45, 7) is 4.14. The first-order valence-electron chi connectivity index (χ1n) is 10.2. The minimum atomic E-state index is -0.830. The van der Waals surface area contributed by atoms with Crippen LogP contribution in [0.15, 0.2) is 5.16 Å². The van der Waals surface area contributed by atoms with Crippen LogP contribution in [0.2, 0.25) is 5.15 Å². The molecule has 1 aliphatic rings. The number of aliphatic hydroxyl groups excluding tert-OH is 1. The van der Waals surface area contributed by atoms with Crippen molar-refractivity contribution in [3.63, 3.8) is 0 Å². The first-order chi connectivity index (χ1) is 14.8. The number of nitrogens with zero attached hydrogens (tertiary/aromatic N) is 2. The normalized spacial score (nSPS) is 24.2. The summed E-state index contributed by atoms with van der Waals surface area (Å²) in [5, 5.41) is 14.8. The van der Waals surface area contributed by atoms with Gasteiger partial charge in [-0.3, -0.25) is 0 Å². The van der Waals surface area contributed by atoms with Crippen molar-refractivity contribution in [2.75, 3.05) is 37.1 Å². The summed E-state index contributed by atoms with van der Waals surface area (Å²) in [6, 6.07) is 0. The van der Waals surface area contributed by atoms with E-state index in [-0.39, 0.29) is 28.8 Å². The van der Waals surface area contributed by atoms with Gasteiger partial charge in [0, 0.05) is 18.2 Å². The highest BCUT2D eigenvalue weighted by Crippen LogP contribution is 2.34. The van der Waals surface area contributed by atoms with Crippen LogP contribution < -0.4 is 11.1 Å². The van der Waals surface area contributed by atoms with Gasteiger partial charge in [-0.15, -0.1) is 12.6 Å². The van der Waals surface area contributed by atoms with Crippen LogP contribution in [0.4, 0.5) is 11.5 Å². The lowest BCUT2D eigenvalue weighted by Crippen LogP contribution is -2.38. The molecule has 1 saturated carbocycles. The zero-order chi connectivity index (χ0) is 23.0. The molecule has 31 heavy (non-hydrogen) atoms. The third-order valence-corrected chi connectivity index (χ3v) is 6.70. The number of rotatable bonds is 12. The quantitative estimate of drug-likeness (QED) is 0.0858. The molecular weight excluding hydrogens is 464 g/mol. The molecule has 0 aliphatic heterocycles. The van der Waals surface area contributed by atoms with Crippen LogP contribution in [0.1, 0.15) is 33.1 Å². The van der Waals surface area contributed by atoms with Gasteiger partial charge in [-0.05, 0) is 19.3 Å². The maximum atomic E-state index is 11.5. The number of nitrogen functional groups attached to an aromatic ring is 1. The van der Waals surface area contributed by atoms with Crippen LogP contribution >= 0.6 is 36.0 Å². The molecule has 176 valence electrons. The van der Waals surface area contributed by atoms with Crippen molar-refractivity contribution in [1.29, 1.82) is 0 Å². The van der Waals surface area contributed by atoms with Crippen LogP contribution in [-0.4, -0.2) is 70.8 Å². The summed E-state index contributed by atoms with van der Waals surface area (Å²) >= 11 is 12.0. The summed E-state index contributed by atoms with van der Waals surface area (Å²) in [5.41, 5.74) is 5.93. The molecule has 9 nitrogen and oxygen atoms in total. The smallest absolute Gasteiger partial charge is 0.331 e. The number of aliphatic hydroxyl groups is 1. The van der Waals surface area contributed by atoms with Crippen molar-refractivity contribution in [2.24, 2.45) is 5.92 Å². The molecule has 0 saturated heterocycles. The average Bonchev–Trinajstić information content (AvgIpc) is 3.05. The van der Waals surface area contributed by atoms with Gasteiger partial charge in [-0.1, -0.05) is 37.2 Å². The molecule has 2 rings (SSSR count). The van der Waals surface area contributed by atoms with Crippen LogP contribution in [-0.2, 0) is 19.0 Å². The second-order valence-corrected chi connectivity index (χ2v) is 9.16. The van der Waals surface area contributed by atoms with E-state index in [1.807, 2.05) is 6.92 Å². The summed E-state index contributed by atoms with van der Waals surface area (Å²) in [5.74, 6) is 0.558. The number of thioether (sulfide) groups is 1. The number of aromatic nitrogens is 2. The van der Waals surface area contributed by atoms with Crippen molar-refractivity contribution in [3.05, 3.63) is 5.15 Å². The van der Waals surface area contributed by atoms with Gasteiger partial charge in [-0.25, -0.2) is 14.8 Å². The Kier molecular flexibility index (Phi) is 10.9. The van der Waals surface area contributed by atoms with Crippen LogP contribution in [0.5, 0.6) is 0 Å². The van der Waals surface area contributed by atoms with Gasteiger partial charge in [0.15, 0.2) is 16.1 Å². The van der Waals surface area contributed by atoms with E-state index in [4.69, 9.17) is 26.8 Å². The Morgan fingerprint density at radius 3 is 2.84 bits per heavy atom. The molecule has 1 aromatic heterocycles. The number of methoxy groups -OCH3 is 1. The predicted molar refractivity (Wildman–Crippen MR) is 125 cm³/mol. The van der Waals surface area contributed by atoms with E-state index in [9.17, 15) is 9.90 Å². The molecule has 1 fully saturated rings. The second kappa shape index (κ2) is 12.9. The molecule has 4 N–H and O–H groups in total. The Balaban J connectivity index is 2.08. The maximum Gasteiger partial charge on any atom is 0.331 e. The second-order valence-electron chi connectivity index (χ2n) is 7.16. The molecule has 1 aromatic rings. The number of carbonyl (C=O) groups excluding carboxylic acids is 1. The fourth-order valence-corrected chi connectivity index (χ4v) is 4.21. The highest BCUT2D eigenvalue weighted by molar-refractivity contribution is 7.99. The molecule has 0 amide bonds. The van der Waals surface area contributed by atoms with Gasteiger partial charge in [-0.2, -0.15) is 0 Å². The van der Waals surface area contributed by atoms with Gasteiger partial charge < -0.3 is 30.4 Å². The number of ether oxygens (including phenoxy) is 3. The largest absolute Gasteiger partial charge is 0.467 e. The van der Waals surface area contributed by atoms with Crippen LogP contribution in [0.3, 0.4) is 0 Å². The fraction of sp³-hybridized carbons (Fsp3) is 0.737. The van der Waals surface area contributed by atoms with Crippen LogP contribution in [0, 0.1) is 5.92 Å². The molecule has 0 bridgehead atoms. The topological polar surface area (TPSA) is 129 Å². The van der Waals surface area contributed by atoms with Crippen LogP contribution in [0.25, 0.3) is 0 Å². The number of carbonyl (C=O) groups is 1. The number of esters is 1. The number of nitrogens with one attached hydrogen (secondary N) is 1. The summed E-state index contributed by atoms with van der Waals surface area (Å²) < 4.78 is 16.2. The van der Waals surface area contributed by atoms with E-state index < -0.39 is 24.3 Å². The molecule has 12 heteroatoms. The van der Waals surface area contributed by atoms with E-state index in [1.54, 1.807) is 0 Å². The lowest BCUT2D eigenvalue weighted by Gasteiger charge is -2.26. The van der Waals surface area contributed by atoms with E-state index in [0.717, 1.165) is 12.2 Å². The minimum absolute atomic E-state index is 0.185.